The summed E-state index contributed by atoms with van der Waals surface area (Å²) in [5.41, 5.74) is 2.05. The van der Waals surface area contributed by atoms with Crippen molar-refractivity contribution in [1.82, 2.24) is 4.72 Å². The monoisotopic (exact) mass is 480 g/mol. The summed E-state index contributed by atoms with van der Waals surface area (Å²) < 4.78 is 33.3. The van der Waals surface area contributed by atoms with Crippen molar-refractivity contribution < 1.29 is 17.9 Å². The van der Waals surface area contributed by atoms with Gasteiger partial charge in [-0.05, 0) is 79.8 Å². The summed E-state index contributed by atoms with van der Waals surface area (Å²) >= 11 is 0. The highest BCUT2D eigenvalue weighted by molar-refractivity contribution is 7.89. The molecule has 6 nitrogen and oxygen atoms in total. The number of ether oxygens (including phenoxy) is 1. The van der Waals surface area contributed by atoms with Gasteiger partial charge in [0, 0.05) is 18.7 Å². The van der Waals surface area contributed by atoms with Crippen LogP contribution in [0.4, 0.5) is 5.69 Å². The minimum atomic E-state index is -3.62. The number of amides is 1. The minimum Gasteiger partial charge on any atom is -0.457 e. The third-order valence-corrected chi connectivity index (χ3v) is 6.77. The van der Waals surface area contributed by atoms with Crippen molar-refractivity contribution >= 4 is 21.6 Å². The van der Waals surface area contributed by atoms with Crippen molar-refractivity contribution in [3.63, 3.8) is 0 Å². The average molecular weight is 481 g/mol. The van der Waals surface area contributed by atoms with Crippen LogP contribution in [0.5, 0.6) is 11.5 Å². The smallest absolute Gasteiger partial charge is 0.240 e. The lowest BCUT2D eigenvalue weighted by atomic mass is 10.1. The molecule has 0 aliphatic rings. The number of carbonyl (C=O) groups excluding carboxylic acids is 1. The predicted molar refractivity (Wildman–Crippen MR) is 136 cm³/mol. The van der Waals surface area contributed by atoms with Crippen LogP contribution >= 0.6 is 0 Å². The van der Waals surface area contributed by atoms with Gasteiger partial charge in [-0.3, -0.25) is 4.79 Å². The number of anilines is 1. The van der Waals surface area contributed by atoms with Crippen LogP contribution in [0.2, 0.25) is 0 Å². The maximum atomic E-state index is 12.5. The van der Waals surface area contributed by atoms with E-state index in [2.05, 4.69) is 17.0 Å². The zero-order chi connectivity index (χ0) is 24.2. The molecule has 0 unspecified atom stereocenters. The van der Waals surface area contributed by atoms with E-state index in [4.69, 9.17) is 4.74 Å². The van der Waals surface area contributed by atoms with E-state index < -0.39 is 10.0 Å². The predicted octanol–water partition coefficient (Wildman–Crippen LogP) is 5.91. The van der Waals surface area contributed by atoms with Crippen LogP contribution in [0.1, 0.15) is 44.6 Å². The molecule has 0 aliphatic carbocycles. The summed E-state index contributed by atoms with van der Waals surface area (Å²) in [5, 5.41) is 2.89. The Labute approximate surface area is 202 Å². The number of benzene rings is 3. The first-order valence-corrected chi connectivity index (χ1v) is 13.2. The molecule has 0 heterocycles. The Morgan fingerprint density at radius 2 is 1.50 bits per heavy atom. The molecule has 34 heavy (non-hydrogen) atoms. The van der Waals surface area contributed by atoms with E-state index in [1.165, 1.54) is 17.7 Å². The van der Waals surface area contributed by atoms with Crippen molar-refractivity contribution in [1.29, 1.82) is 0 Å². The van der Waals surface area contributed by atoms with E-state index in [9.17, 15) is 13.2 Å². The molecule has 3 aromatic rings. The summed E-state index contributed by atoms with van der Waals surface area (Å²) in [5.74, 6) is 1.18. The molecule has 1 amide bonds. The lowest BCUT2D eigenvalue weighted by Gasteiger charge is -2.09. The number of carbonyl (C=O) groups is 1. The Bertz CT molecular complexity index is 1130. The fourth-order valence-corrected chi connectivity index (χ4v) is 4.45. The van der Waals surface area contributed by atoms with Crippen LogP contribution in [-0.4, -0.2) is 20.9 Å². The average Bonchev–Trinajstić information content (AvgIpc) is 2.84. The first kappa shape index (κ1) is 25.5. The van der Waals surface area contributed by atoms with Crippen LogP contribution in [0.25, 0.3) is 0 Å². The molecule has 180 valence electrons. The molecule has 0 saturated carbocycles. The Hall–Kier alpha value is -3.16. The van der Waals surface area contributed by atoms with Crippen molar-refractivity contribution in [3.05, 3.63) is 84.4 Å². The van der Waals surface area contributed by atoms with Gasteiger partial charge in [0.2, 0.25) is 15.9 Å². The zero-order valence-electron chi connectivity index (χ0n) is 19.5. The Morgan fingerprint density at radius 1 is 0.824 bits per heavy atom. The molecule has 7 heteroatoms. The van der Waals surface area contributed by atoms with Crippen LogP contribution in [-0.2, 0) is 21.2 Å². The van der Waals surface area contributed by atoms with Gasteiger partial charge in [0.25, 0.3) is 0 Å². The van der Waals surface area contributed by atoms with Crippen LogP contribution in [0.3, 0.4) is 0 Å². The number of para-hydroxylation sites is 1. The normalized spacial score (nSPS) is 11.2. The van der Waals surface area contributed by atoms with E-state index in [1.54, 1.807) is 12.1 Å². The number of sulfonamides is 1. The fourth-order valence-electron chi connectivity index (χ4n) is 3.37. The molecule has 0 atom stereocenters. The third-order valence-electron chi connectivity index (χ3n) is 5.29. The molecule has 3 rings (SSSR count). The molecule has 0 aromatic heterocycles. The number of hydrogen-bond acceptors (Lipinski definition) is 4. The first-order valence-electron chi connectivity index (χ1n) is 11.7. The van der Waals surface area contributed by atoms with E-state index in [1.807, 2.05) is 54.6 Å². The zero-order valence-corrected chi connectivity index (χ0v) is 20.3. The largest absolute Gasteiger partial charge is 0.457 e. The van der Waals surface area contributed by atoms with E-state index in [-0.39, 0.29) is 17.3 Å². The summed E-state index contributed by atoms with van der Waals surface area (Å²) in [4.78, 5) is 12.3. The second-order valence-corrected chi connectivity index (χ2v) is 9.86. The number of rotatable bonds is 13. The van der Waals surface area contributed by atoms with Gasteiger partial charge in [-0.1, -0.05) is 43.7 Å². The lowest BCUT2D eigenvalue weighted by Crippen LogP contribution is -2.25. The molecule has 3 aromatic carbocycles. The fraction of sp³-hybridized carbons (Fsp3) is 0.296. The first-order chi connectivity index (χ1) is 16.5. The molecule has 0 radical (unpaired) electrons. The Kier molecular flexibility index (Phi) is 9.67. The molecular formula is C27H32N2O4S. The van der Waals surface area contributed by atoms with Gasteiger partial charge in [0.1, 0.15) is 11.5 Å². The van der Waals surface area contributed by atoms with E-state index in [0.717, 1.165) is 24.9 Å². The molecular weight excluding hydrogens is 448 g/mol. The van der Waals surface area contributed by atoms with Crippen molar-refractivity contribution in [2.24, 2.45) is 0 Å². The van der Waals surface area contributed by atoms with E-state index >= 15 is 0 Å². The summed E-state index contributed by atoms with van der Waals surface area (Å²) in [6.45, 7) is 2.43. The van der Waals surface area contributed by atoms with Crippen LogP contribution in [0.15, 0.2) is 83.8 Å². The maximum absolute atomic E-state index is 12.5. The van der Waals surface area contributed by atoms with Gasteiger partial charge in [-0.2, -0.15) is 0 Å². The summed E-state index contributed by atoms with van der Waals surface area (Å²) in [6.07, 6.45) is 4.86. The summed E-state index contributed by atoms with van der Waals surface area (Å²) in [7, 11) is -3.62. The maximum Gasteiger partial charge on any atom is 0.240 e. The molecule has 0 bridgehead atoms. The Morgan fingerprint density at radius 3 is 2.18 bits per heavy atom. The minimum absolute atomic E-state index is 0.0711. The van der Waals surface area contributed by atoms with Crippen molar-refractivity contribution in [3.8, 4) is 11.5 Å². The highest BCUT2D eigenvalue weighted by Crippen LogP contribution is 2.22. The number of hydrogen-bond donors (Lipinski definition) is 2. The van der Waals surface area contributed by atoms with Gasteiger partial charge >= 0.3 is 0 Å². The standard InChI is InChI=1S/C27H32N2O4S/c1-2-3-9-22-13-15-23(16-14-22)29-27(30)12-7-8-21-28-34(31,32)26-19-17-25(18-20-26)33-24-10-5-4-6-11-24/h4-6,10-11,13-20,28H,2-3,7-9,12,21H2,1H3,(H,29,30). The van der Waals surface area contributed by atoms with E-state index in [0.29, 0.717) is 30.8 Å². The van der Waals surface area contributed by atoms with Crippen LogP contribution in [0, 0.1) is 0 Å². The van der Waals surface area contributed by atoms with Crippen molar-refractivity contribution in [2.45, 2.75) is 50.3 Å². The molecule has 0 spiro atoms. The second kappa shape index (κ2) is 12.9. The SMILES string of the molecule is CCCCc1ccc(NC(=O)CCCCNS(=O)(=O)c2ccc(Oc3ccccc3)cc2)cc1. The van der Waals surface area contributed by atoms with Gasteiger partial charge in [0.15, 0.2) is 0 Å². The van der Waals surface area contributed by atoms with Crippen LogP contribution < -0.4 is 14.8 Å². The Balaban J connectivity index is 1.37. The number of aryl methyl sites for hydroxylation is 1. The summed E-state index contributed by atoms with van der Waals surface area (Å²) in [6, 6.07) is 23.5. The topological polar surface area (TPSA) is 84.5 Å². The third kappa shape index (κ3) is 8.32. The second-order valence-electron chi connectivity index (χ2n) is 8.09. The van der Waals surface area contributed by atoms with Gasteiger partial charge < -0.3 is 10.1 Å². The van der Waals surface area contributed by atoms with Gasteiger partial charge in [-0.25, -0.2) is 13.1 Å². The highest BCUT2D eigenvalue weighted by Gasteiger charge is 2.13. The van der Waals surface area contributed by atoms with Gasteiger partial charge in [-0.15, -0.1) is 0 Å². The molecule has 0 fully saturated rings. The number of unbranched alkanes of at least 4 members (excludes halogenated alkanes) is 2. The van der Waals surface area contributed by atoms with Crippen molar-refractivity contribution in [2.75, 3.05) is 11.9 Å². The lowest BCUT2D eigenvalue weighted by molar-refractivity contribution is -0.116. The number of nitrogens with one attached hydrogen (secondary N) is 2. The highest BCUT2D eigenvalue weighted by atomic mass is 32.2. The quantitative estimate of drug-likeness (QED) is 0.298. The molecule has 0 aliphatic heterocycles. The molecule has 2 N–H and O–H groups in total. The van der Waals surface area contributed by atoms with Gasteiger partial charge in [0.05, 0.1) is 4.90 Å². The molecule has 0 saturated heterocycles.